The summed E-state index contributed by atoms with van der Waals surface area (Å²) in [5.41, 5.74) is 2.81. The van der Waals surface area contributed by atoms with Gasteiger partial charge in [0.2, 0.25) is 11.8 Å². The van der Waals surface area contributed by atoms with Gasteiger partial charge in [0.25, 0.3) is 0 Å². The number of nitrogens with one attached hydrogen (secondary N) is 2. The van der Waals surface area contributed by atoms with E-state index in [0.29, 0.717) is 19.7 Å². The van der Waals surface area contributed by atoms with Crippen LogP contribution < -0.4 is 10.6 Å². The second-order valence-electron chi connectivity index (χ2n) is 6.14. The molecule has 2 heterocycles. The first-order valence-electron chi connectivity index (χ1n) is 8.20. The van der Waals surface area contributed by atoms with Crippen LogP contribution in [0.4, 0.5) is 4.79 Å². The molecule has 0 spiro atoms. The molecule has 1 saturated heterocycles. The Hall–Kier alpha value is -2.42. The lowest BCUT2D eigenvalue weighted by atomic mass is 10.1. The molecule has 0 aliphatic carbocycles. The fourth-order valence-electron chi connectivity index (χ4n) is 2.84. The lowest BCUT2D eigenvalue weighted by Gasteiger charge is -2.27. The van der Waals surface area contributed by atoms with Gasteiger partial charge < -0.3 is 15.0 Å². The quantitative estimate of drug-likeness (QED) is 0.750. The van der Waals surface area contributed by atoms with E-state index in [1.54, 1.807) is 16.7 Å². The van der Waals surface area contributed by atoms with Crippen molar-refractivity contribution < 1.29 is 19.1 Å². The van der Waals surface area contributed by atoms with Crippen LogP contribution in [0, 0.1) is 13.8 Å². The Kier molecular flexibility index (Phi) is 6.13. The zero-order chi connectivity index (χ0) is 18.6. The van der Waals surface area contributed by atoms with Gasteiger partial charge in [-0.05, 0) is 20.3 Å². The minimum atomic E-state index is -0.736. The molecular formula is C16H25N5O4. The number of urea groups is 1. The topological polar surface area (TPSA) is 106 Å². The summed E-state index contributed by atoms with van der Waals surface area (Å²) in [7, 11) is 3.43. The molecule has 0 saturated carbocycles. The first-order valence-corrected chi connectivity index (χ1v) is 8.20. The van der Waals surface area contributed by atoms with Crippen molar-refractivity contribution in [1.82, 2.24) is 25.3 Å². The van der Waals surface area contributed by atoms with E-state index < -0.39 is 12.1 Å². The van der Waals surface area contributed by atoms with Crippen LogP contribution in [-0.4, -0.2) is 58.8 Å². The highest BCUT2D eigenvalue weighted by atomic mass is 16.5. The SMILES string of the molecule is COCCN(Cc1c(C)nn(C)c1C)C(=O)C1CCC(=O)NC(=O)N1. The van der Waals surface area contributed by atoms with Crippen molar-refractivity contribution in [1.29, 1.82) is 0 Å². The van der Waals surface area contributed by atoms with E-state index in [1.165, 1.54) is 0 Å². The van der Waals surface area contributed by atoms with Crippen molar-refractivity contribution in [3.05, 3.63) is 17.0 Å². The summed E-state index contributed by atoms with van der Waals surface area (Å²) >= 11 is 0. The Balaban J connectivity index is 2.19. The minimum absolute atomic E-state index is 0.123. The highest BCUT2D eigenvalue weighted by Crippen LogP contribution is 2.16. The van der Waals surface area contributed by atoms with Crippen LogP contribution >= 0.6 is 0 Å². The summed E-state index contributed by atoms with van der Waals surface area (Å²) in [4.78, 5) is 37.7. The molecule has 1 aromatic heterocycles. The number of amides is 4. The highest BCUT2D eigenvalue weighted by Gasteiger charge is 2.30. The molecule has 1 atom stereocenters. The molecule has 25 heavy (non-hydrogen) atoms. The normalized spacial score (nSPS) is 17.7. The van der Waals surface area contributed by atoms with E-state index in [0.717, 1.165) is 17.0 Å². The highest BCUT2D eigenvalue weighted by molar-refractivity contribution is 5.98. The van der Waals surface area contributed by atoms with Gasteiger partial charge in [0, 0.05) is 44.9 Å². The van der Waals surface area contributed by atoms with E-state index in [-0.39, 0.29) is 24.7 Å². The molecule has 1 aliphatic heterocycles. The number of nitrogens with zero attached hydrogens (tertiary/aromatic N) is 3. The average Bonchev–Trinajstić information content (AvgIpc) is 2.71. The maximum Gasteiger partial charge on any atom is 0.322 e. The fraction of sp³-hybridized carbons (Fsp3) is 0.625. The Bertz CT molecular complexity index is 670. The van der Waals surface area contributed by atoms with E-state index in [9.17, 15) is 14.4 Å². The molecule has 1 fully saturated rings. The number of ether oxygens (including phenoxy) is 1. The van der Waals surface area contributed by atoms with E-state index >= 15 is 0 Å². The van der Waals surface area contributed by atoms with Gasteiger partial charge in [-0.1, -0.05) is 0 Å². The molecule has 9 nitrogen and oxygen atoms in total. The van der Waals surface area contributed by atoms with Crippen LogP contribution in [0.5, 0.6) is 0 Å². The minimum Gasteiger partial charge on any atom is -0.383 e. The van der Waals surface area contributed by atoms with Gasteiger partial charge in [-0.2, -0.15) is 5.10 Å². The van der Waals surface area contributed by atoms with Crippen molar-refractivity contribution in [2.75, 3.05) is 20.3 Å². The predicted molar refractivity (Wildman–Crippen MR) is 89.7 cm³/mol. The molecule has 138 valence electrons. The number of imide groups is 1. The maximum absolute atomic E-state index is 12.9. The van der Waals surface area contributed by atoms with Gasteiger partial charge in [-0.25, -0.2) is 4.79 Å². The number of hydrogen-bond donors (Lipinski definition) is 2. The summed E-state index contributed by atoms with van der Waals surface area (Å²) in [6, 6.07) is -1.37. The molecule has 0 radical (unpaired) electrons. The first-order chi connectivity index (χ1) is 11.8. The Morgan fingerprint density at radius 1 is 1.40 bits per heavy atom. The monoisotopic (exact) mass is 351 g/mol. The third-order valence-electron chi connectivity index (χ3n) is 4.40. The molecule has 1 aromatic rings. The van der Waals surface area contributed by atoms with Crippen LogP contribution in [0.1, 0.15) is 29.8 Å². The second kappa shape index (κ2) is 8.11. The maximum atomic E-state index is 12.9. The zero-order valence-electron chi connectivity index (χ0n) is 15.1. The Morgan fingerprint density at radius 2 is 2.12 bits per heavy atom. The average molecular weight is 351 g/mol. The lowest BCUT2D eigenvalue weighted by Crippen LogP contribution is -2.50. The molecule has 2 N–H and O–H groups in total. The van der Waals surface area contributed by atoms with E-state index in [2.05, 4.69) is 15.7 Å². The van der Waals surface area contributed by atoms with Crippen molar-refractivity contribution >= 4 is 17.8 Å². The van der Waals surface area contributed by atoms with Crippen LogP contribution in [0.25, 0.3) is 0 Å². The summed E-state index contributed by atoms with van der Waals surface area (Å²) in [6.45, 7) is 4.99. The Morgan fingerprint density at radius 3 is 2.72 bits per heavy atom. The number of methoxy groups -OCH3 is 1. The lowest BCUT2D eigenvalue weighted by molar-refractivity contribution is -0.134. The summed E-state index contributed by atoms with van der Waals surface area (Å²) in [5, 5.41) is 9.12. The second-order valence-corrected chi connectivity index (χ2v) is 6.14. The molecule has 0 aromatic carbocycles. The molecule has 4 amide bonds. The van der Waals surface area contributed by atoms with Gasteiger partial charge in [-0.15, -0.1) is 0 Å². The number of carbonyl (C=O) groups excluding carboxylic acids is 3. The summed E-state index contributed by atoms with van der Waals surface area (Å²) in [6.07, 6.45) is 0.392. The molecule has 9 heteroatoms. The van der Waals surface area contributed by atoms with Crippen molar-refractivity contribution in [2.45, 2.75) is 39.3 Å². The number of carbonyl (C=O) groups is 3. The summed E-state index contributed by atoms with van der Waals surface area (Å²) in [5.74, 6) is -0.611. The third kappa shape index (κ3) is 4.56. The van der Waals surface area contributed by atoms with Crippen molar-refractivity contribution in [3.63, 3.8) is 0 Å². The Labute approximate surface area is 146 Å². The zero-order valence-corrected chi connectivity index (χ0v) is 15.1. The van der Waals surface area contributed by atoms with Crippen LogP contribution in [0.15, 0.2) is 0 Å². The van der Waals surface area contributed by atoms with Gasteiger partial charge >= 0.3 is 6.03 Å². The van der Waals surface area contributed by atoms with Gasteiger partial charge in [0.1, 0.15) is 6.04 Å². The first kappa shape index (κ1) is 18.9. The predicted octanol–water partition coefficient (Wildman–Crippen LogP) is 0.000140. The molecule has 2 rings (SSSR count). The number of aromatic nitrogens is 2. The summed E-state index contributed by atoms with van der Waals surface area (Å²) < 4.78 is 6.88. The smallest absolute Gasteiger partial charge is 0.322 e. The fourth-order valence-corrected chi connectivity index (χ4v) is 2.84. The molecule has 1 aliphatic rings. The number of aryl methyl sites for hydroxylation is 2. The van der Waals surface area contributed by atoms with Crippen molar-refractivity contribution in [3.8, 4) is 0 Å². The number of hydrogen-bond acceptors (Lipinski definition) is 5. The largest absolute Gasteiger partial charge is 0.383 e. The van der Waals surface area contributed by atoms with E-state index in [4.69, 9.17) is 4.74 Å². The van der Waals surface area contributed by atoms with Crippen LogP contribution in [-0.2, 0) is 27.9 Å². The van der Waals surface area contributed by atoms with E-state index in [1.807, 2.05) is 20.9 Å². The third-order valence-corrected chi connectivity index (χ3v) is 4.40. The van der Waals surface area contributed by atoms with Crippen LogP contribution in [0.3, 0.4) is 0 Å². The van der Waals surface area contributed by atoms with Gasteiger partial charge in [0.15, 0.2) is 0 Å². The van der Waals surface area contributed by atoms with Gasteiger partial charge in [0.05, 0.1) is 12.3 Å². The molecular weight excluding hydrogens is 326 g/mol. The standard InChI is InChI=1S/C16H25N5O4/c1-10-12(11(2)20(3)19-10)9-21(7-8-25-4)15(23)13-5-6-14(22)18-16(24)17-13/h13H,5-9H2,1-4H3,(H2,17,18,22,24). The van der Waals surface area contributed by atoms with Crippen molar-refractivity contribution in [2.24, 2.45) is 7.05 Å². The molecule has 1 unspecified atom stereocenters. The molecule has 0 bridgehead atoms. The van der Waals surface area contributed by atoms with Crippen LogP contribution in [0.2, 0.25) is 0 Å². The number of rotatable bonds is 6. The van der Waals surface area contributed by atoms with Gasteiger partial charge in [-0.3, -0.25) is 19.6 Å².